The molecule has 3 rings (SSSR count). The Labute approximate surface area is 182 Å². The van der Waals surface area contributed by atoms with Crippen LogP contribution in [0.2, 0.25) is 0 Å². The fourth-order valence-corrected chi connectivity index (χ4v) is 3.42. The number of hydrogen-bond acceptors (Lipinski definition) is 4. The van der Waals surface area contributed by atoms with Gasteiger partial charge in [0.2, 0.25) is 5.91 Å². The summed E-state index contributed by atoms with van der Waals surface area (Å²) in [7, 11) is 0. The van der Waals surface area contributed by atoms with Gasteiger partial charge in [0.1, 0.15) is 0 Å². The molecule has 0 saturated carbocycles. The van der Waals surface area contributed by atoms with Crippen LogP contribution in [0.15, 0.2) is 60.7 Å². The molecule has 0 atom stereocenters. The Balaban J connectivity index is 0.00000320. The predicted octanol–water partition coefficient (Wildman–Crippen LogP) is 3.52. The Hall–Kier alpha value is -2.96. The maximum atomic E-state index is 12.5. The summed E-state index contributed by atoms with van der Waals surface area (Å²) in [6, 6.07) is 15.8. The second-order valence-corrected chi connectivity index (χ2v) is 7.09. The maximum Gasteiger partial charge on any atom is 0.267 e. The largest absolute Gasteiger partial charge is 0.339 e. The van der Waals surface area contributed by atoms with Crippen LogP contribution in [0.1, 0.15) is 29.8 Å². The maximum absolute atomic E-state index is 12.5. The number of hydroxylamine groups is 1. The lowest BCUT2D eigenvalue weighted by molar-refractivity contribution is -0.127. The summed E-state index contributed by atoms with van der Waals surface area (Å²) in [6.07, 6.45) is 9.00. The van der Waals surface area contributed by atoms with E-state index in [0.29, 0.717) is 17.3 Å². The fraction of sp³-hybridized carbons (Fsp3) is 0.261. The van der Waals surface area contributed by atoms with Crippen LogP contribution in [0.4, 0.5) is 0 Å². The van der Waals surface area contributed by atoms with Crippen molar-refractivity contribution in [2.24, 2.45) is 5.92 Å². The number of pyridine rings is 1. The van der Waals surface area contributed by atoms with Crippen LogP contribution in [0.3, 0.4) is 0 Å². The lowest BCUT2D eigenvalue weighted by atomic mass is 9.90. The molecule has 1 aromatic heterocycles. The van der Waals surface area contributed by atoms with Crippen LogP contribution in [0.5, 0.6) is 0 Å². The molecule has 6 nitrogen and oxygen atoms in total. The van der Waals surface area contributed by atoms with Crippen molar-refractivity contribution in [3.63, 3.8) is 0 Å². The molecule has 2 N–H and O–H groups in total. The van der Waals surface area contributed by atoms with Gasteiger partial charge in [0.05, 0.1) is 11.4 Å². The highest BCUT2D eigenvalue weighted by molar-refractivity contribution is 5.92. The van der Waals surface area contributed by atoms with Crippen LogP contribution < -0.4 is 5.48 Å². The summed E-state index contributed by atoms with van der Waals surface area (Å²) in [6.45, 7) is 1.54. The number of piperidine rings is 1. The third-order valence-corrected chi connectivity index (χ3v) is 5.00. The molecule has 1 aliphatic heterocycles. The average Bonchev–Trinajstić information content (AvgIpc) is 2.77. The number of nitrogens with one attached hydrogen (secondary N) is 1. The van der Waals surface area contributed by atoms with E-state index in [1.807, 2.05) is 11.0 Å². The Morgan fingerprint density at radius 1 is 1.00 bits per heavy atom. The minimum Gasteiger partial charge on any atom is -0.339 e. The van der Waals surface area contributed by atoms with Crippen LogP contribution in [0, 0.1) is 5.92 Å². The van der Waals surface area contributed by atoms with Gasteiger partial charge in [-0.25, -0.2) is 10.5 Å². The molecule has 30 heavy (non-hydrogen) atoms. The van der Waals surface area contributed by atoms with Crippen LogP contribution in [0.25, 0.3) is 12.2 Å². The standard InChI is InChI=1S/C23H25N3O3.ClH/c27-22(25-29)11-9-20-7-4-8-21(24-20)10-12-23(28)26-15-13-19(14-16-26)17-18-5-2-1-3-6-18;/h1-12,19,29H,13-17H2,(H,25,27);1H. The van der Waals surface area contributed by atoms with Gasteiger partial charge in [-0.15, -0.1) is 12.4 Å². The fourth-order valence-electron chi connectivity index (χ4n) is 3.42. The normalized spacial score (nSPS) is 14.6. The van der Waals surface area contributed by atoms with E-state index in [2.05, 4.69) is 29.2 Å². The topological polar surface area (TPSA) is 82.5 Å². The summed E-state index contributed by atoms with van der Waals surface area (Å²) in [5.41, 5.74) is 4.07. The molecule has 0 spiro atoms. The lowest BCUT2D eigenvalue weighted by Crippen LogP contribution is -2.37. The van der Waals surface area contributed by atoms with E-state index in [4.69, 9.17) is 5.21 Å². The zero-order valence-corrected chi connectivity index (χ0v) is 17.4. The van der Waals surface area contributed by atoms with Gasteiger partial charge in [-0.05, 0) is 55.0 Å². The summed E-state index contributed by atoms with van der Waals surface area (Å²) < 4.78 is 0. The predicted molar refractivity (Wildman–Crippen MR) is 119 cm³/mol. The molecule has 158 valence electrons. The number of carbonyl (C=O) groups excluding carboxylic acids is 2. The van der Waals surface area contributed by atoms with Crippen molar-refractivity contribution in [2.75, 3.05) is 13.1 Å². The minimum atomic E-state index is -0.626. The van der Waals surface area contributed by atoms with Crippen molar-refractivity contribution in [3.8, 4) is 0 Å². The molecule has 2 aromatic rings. The van der Waals surface area contributed by atoms with E-state index in [1.165, 1.54) is 23.2 Å². The monoisotopic (exact) mass is 427 g/mol. The molecule has 1 aromatic carbocycles. The first-order valence-corrected chi connectivity index (χ1v) is 9.74. The van der Waals surface area contributed by atoms with Gasteiger partial charge in [0, 0.05) is 25.2 Å². The Morgan fingerprint density at radius 3 is 2.27 bits per heavy atom. The Kier molecular flexibility index (Phi) is 9.25. The van der Waals surface area contributed by atoms with E-state index >= 15 is 0 Å². The van der Waals surface area contributed by atoms with E-state index in [1.54, 1.807) is 30.4 Å². The number of nitrogens with zero attached hydrogens (tertiary/aromatic N) is 2. The van der Waals surface area contributed by atoms with Crippen LogP contribution in [-0.4, -0.2) is 40.0 Å². The molecule has 1 saturated heterocycles. The first-order chi connectivity index (χ1) is 14.1. The SMILES string of the molecule is Cl.O=C(C=Cc1cccc(C=CC(=O)N2CCC(Cc3ccccc3)CC2)n1)NO. The van der Waals surface area contributed by atoms with Gasteiger partial charge in [-0.1, -0.05) is 36.4 Å². The van der Waals surface area contributed by atoms with Gasteiger partial charge in [0.25, 0.3) is 5.91 Å². The van der Waals surface area contributed by atoms with Crippen molar-refractivity contribution >= 4 is 36.4 Å². The molecule has 0 bridgehead atoms. The molecule has 0 aliphatic carbocycles. The highest BCUT2D eigenvalue weighted by atomic mass is 35.5. The number of aromatic nitrogens is 1. The first-order valence-electron chi connectivity index (χ1n) is 9.74. The van der Waals surface area contributed by atoms with Gasteiger partial charge in [0.15, 0.2) is 0 Å². The van der Waals surface area contributed by atoms with Crippen molar-refractivity contribution in [2.45, 2.75) is 19.3 Å². The molecule has 2 amide bonds. The van der Waals surface area contributed by atoms with Gasteiger partial charge in [-0.3, -0.25) is 14.8 Å². The van der Waals surface area contributed by atoms with E-state index in [9.17, 15) is 9.59 Å². The number of carbonyl (C=O) groups is 2. The number of likely N-dealkylation sites (tertiary alicyclic amines) is 1. The van der Waals surface area contributed by atoms with Crippen molar-refractivity contribution in [1.82, 2.24) is 15.4 Å². The molecule has 0 radical (unpaired) electrons. The lowest BCUT2D eigenvalue weighted by Gasteiger charge is -2.31. The molecular weight excluding hydrogens is 402 g/mol. The highest BCUT2D eigenvalue weighted by Crippen LogP contribution is 2.22. The summed E-state index contributed by atoms with van der Waals surface area (Å²) in [5, 5.41) is 8.50. The second kappa shape index (κ2) is 11.9. The summed E-state index contributed by atoms with van der Waals surface area (Å²) >= 11 is 0. The quantitative estimate of drug-likeness (QED) is 0.420. The van der Waals surface area contributed by atoms with E-state index in [-0.39, 0.29) is 18.3 Å². The number of halogens is 1. The number of amides is 2. The zero-order valence-electron chi connectivity index (χ0n) is 16.6. The van der Waals surface area contributed by atoms with Gasteiger partial charge >= 0.3 is 0 Å². The first kappa shape index (κ1) is 23.3. The minimum absolute atomic E-state index is 0. The Morgan fingerprint density at radius 2 is 1.63 bits per heavy atom. The molecule has 0 unspecified atom stereocenters. The van der Waals surface area contributed by atoms with E-state index < -0.39 is 5.91 Å². The average molecular weight is 428 g/mol. The van der Waals surface area contributed by atoms with Crippen molar-refractivity contribution < 1.29 is 14.8 Å². The second-order valence-electron chi connectivity index (χ2n) is 7.09. The third-order valence-electron chi connectivity index (χ3n) is 5.00. The summed E-state index contributed by atoms with van der Waals surface area (Å²) in [4.78, 5) is 29.8. The number of hydrogen-bond donors (Lipinski definition) is 2. The van der Waals surface area contributed by atoms with Gasteiger partial charge in [-0.2, -0.15) is 0 Å². The van der Waals surface area contributed by atoms with Gasteiger partial charge < -0.3 is 4.90 Å². The smallest absolute Gasteiger partial charge is 0.267 e. The van der Waals surface area contributed by atoms with E-state index in [0.717, 1.165) is 32.4 Å². The highest BCUT2D eigenvalue weighted by Gasteiger charge is 2.21. The molecule has 7 heteroatoms. The molecule has 1 aliphatic rings. The molecule has 2 heterocycles. The third kappa shape index (κ3) is 7.13. The number of rotatable bonds is 6. The number of benzene rings is 1. The zero-order chi connectivity index (χ0) is 20.5. The van der Waals surface area contributed by atoms with Crippen LogP contribution >= 0.6 is 12.4 Å². The summed E-state index contributed by atoms with van der Waals surface area (Å²) in [5.74, 6) is -0.0177. The van der Waals surface area contributed by atoms with Crippen molar-refractivity contribution in [3.05, 3.63) is 77.6 Å². The molecular formula is C23H26ClN3O3. The Bertz CT molecular complexity index is 892. The van der Waals surface area contributed by atoms with Crippen LogP contribution in [-0.2, 0) is 16.0 Å². The molecule has 1 fully saturated rings. The van der Waals surface area contributed by atoms with Crippen molar-refractivity contribution in [1.29, 1.82) is 0 Å².